The van der Waals surface area contributed by atoms with E-state index in [0.717, 1.165) is 17.5 Å². The van der Waals surface area contributed by atoms with Gasteiger partial charge in [-0.15, -0.1) is 0 Å². The first kappa shape index (κ1) is 7.18. The van der Waals surface area contributed by atoms with Crippen LogP contribution in [0, 0.1) is 0 Å². The summed E-state index contributed by atoms with van der Waals surface area (Å²) in [5.74, 6) is 0. The van der Waals surface area contributed by atoms with Gasteiger partial charge in [0.25, 0.3) is 0 Å². The van der Waals surface area contributed by atoms with Crippen LogP contribution in [0.25, 0.3) is 0 Å². The van der Waals surface area contributed by atoms with Gasteiger partial charge >= 0.3 is 0 Å². The number of ether oxygens (including phenoxy) is 1. The maximum absolute atomic E-state index is 4.76. The Hall–Kier alpha value is 0.180. The van der Waals surface area contributed by atoms with Gasteiger partial charge in [-0.25, -0.2) is 0 Å². The van der Waals surface area contributed by atoms with Gasteiger partial charge < -0.3 is 4.74 Å². The normalized spacial score (nSPS) is 8.86. The molecule has 0 unspecified atom stereocenters. The molecule has 0 radical (unpaired) electrons. The molecule has 0 aromatic heterocycles. The van der Waals surface area contributed by atoms with E-state index in [2.05, 4.69) is 22.5 Å². The van der Waals surface area contributed by atoms with E-state index in [0.29, 0.717) is 0 Å². The third-order valence-corrected chi connectivity index (χ3v) is 0.974. The molecule has 0 fully saturated rings. The van der Waals surface area contributed by atoms with Crippen LogP contribution in [-0.4, -0.2) is 13.7 Å². The summed E-state index contributed by atoms with van der Waals surface area (Å²) in [5, 5.41) is 0. The van der Waals surface area contributed by atoms with Crippen LogP contribution in [0.1, 0.15) is 6.42 Å². The SMILES string of the molecule is C=C(Br)CCOC. The lowest BCUT2D eigenvalue weighted by atomic mass is 10.5. The minimum absolute atomic E-state index is 0.754. The molecule has 0 spiro atoms. The molecule has 0 aromatic carbocycles. The van der Waals surface area contributed by atoms with Crippen LogP contribution >= 0.6 is 15.9 Å². The summed E-state index contributed by atoms with van der Waals surface area (Å²) in [7, 11) is 1.68. The summed E-state index contributed by atoms with van der Waals surface area (Å²) in [6, 6.07) is 0. The fourth-order valence-electron chi connectivity index (χ4n) is 0.213. The van der Waals surface area contributed by atoms with Crippen molar-refractivity contribution in [3.63, 3.8) is 0 Å². The predicted octanol–water partition coefficient (Wildman–Crippen LogP) is 1.93. The zero-order chi connectivity index (χ0) is 5.70. The smallest absolute Gasteiger partial charge is 0.0507 e. The van der Waals surface area contributed by atoms with E-state index in [1.54, 1.807) is 7.11 Å². The highest BCUT2D eigenvalue weighted by molar-refractivity contribution is 9.11. The zero-order valence-corrected chi connectivity index (χ0v) is 5.99. The first-order chi connectivity index (χ1) is 3.27. The second kappa shape index (κ2) is 4.34. The summed E-state index contributed by atoms with van der Waals surface area (Å²) in [4.78, 5) is 0. The van der Waals surface area contributed by atoms with Gasteiger partial charge in [0, 0.05) is 13.5 Å². The Morgan fingerprint density at radius 2 is 2.43 bits per heavy atom. The maximum Gasteiger partial charge on any atom is 0.0507 e. The molecule has 2 heteroatoms. The van der Waals surface area contributed by atoms with E-state index in [9.17, 15) is 0 Å². The summed E-state index contributed by atoms with van der Waals surface area (Å²) in [6.45, 7) is 4.38. The Bertz CT molecular complexity index is 61.1. The first-order valence-electron chi connectivity index (χ1n) is 2.09. The van der Waals surface area contributed by atoms with Crippen molar-refractivity contribution in [1.82, 2.24) is 0 Å². The Balaban J connectivity index is 2.82. The number of hydrogen-bond donors (Lipinski definition) is 0. The molecule has 0 saturated carbocycles. The molecule has 0 aliphatic rings. The molecule has 42 valence electrons. The van der Waals surface area contributed by atoms with Crippen molar-refractivity contribution in [2.45, 2.75) is 6.42 Å². The zero-order valence-electron chi connectivity index (χ0n) is 4.41. The second-order valence-corrected chi connectivity index (χ2v) is 2.38. The quantitative estimate of drug-likeness (QED) is 0.620. The number of hydrogen-bond acceptors (Lipinski definition) is 1. The fourth-order valence-corrected chi connectivity index (χ4v) is 0.375. The van der Waals surface area contributed by atoms with Gasteiger partial charge in [-0.1, -0.05) is 22.5 Å². The van der Waals surface area contributed by atoms with E-state index in [1.165, 1.54) is 0 Å². The Morgan fingerprint density at radius 3 is 2.57 bits per heavy atom. The van der Waals surface area contributed by atoms with Gasteiger partial charge in [0.05, 0.1) is 6.61 Å². The van der Waals surface area contributed by atoms with Crippen LogP contribution in [0.2, 0.25) is 0 Å². The molecule has 0 aliphatic heterocycles. The summed E-state index contributed by atoms with van der Waals surface area (Å²) in [6.07, 6.45) is 0.899. The second-order valence-electron chi connectivity index (χ2n) is 1.26. The van der Waals surface area contributed by atoms with Gasteiger partial charge in [0.1, 0.15) is 0 Å². The molecular formula is C5H9BrO. The van der Waals surface area contributed by atoms with Crippen LogP contribution in [0.5, 0.6) is 0 Å². The summed E-state index contributed by atoms with van der Waals surface area (Å²) < 4.78 is 5.76. The highest BCUT2D eigenvalue weighted by atomic mass is 79.9. The van der Waals surface area contributed by atoms with Crippen molar-refractivity contribution in [3.8, 4) is 0 Å². The van der Waals surface area contributed by atoms with E-state index in [1.807, 2.05) is 0 Å². The van der Waals surface area contributed by atoms with Gasteiger partial charge in [-0.05, 0) is 4.48 Å². The minimum Gasteiger partial charge on any atom is -0.384 e. The molecular weight excluding hydrogens is 156 g/mol. The molecule has 0 amide bonds. The van der Waals surface area contributed by atoms with Gasteiger partial charge in [-0.2, -0.15) is 0 Å². The Morgan fingerprint density at radius 1 is 1.86 bits per heavy atom. The van der Waals surface area contributed by atoms with Crippen LogP contribution in [0.4, 0.5) is 0 Å². The van der Waals surface area contributed by atoms with Crippen LogP contribution in [0.15, 0.2) is 11.1 Å². The fraction of sp³-hybridized carbons (Fsp3) is 0.600. The first-order valence-corrected chi connectivity index (χ1v) is 2.89. The summed E-state index contributed by atoms with van der Waals surface area (Å²) >= 11 is 3.20. The molecule has 0 bridgehead atoms. The largest absolute Gasteiger partial charge is 0.384 e. The van der Waals surface area contributed by atoms with Gasteiger partial charge in [-0.3, -0.25) is 0 Å². The van der Waals surface area contributed by atoms with E-state index < -0.39 is 0 Å². The third-order valence-electron chi connectivity index (χ3n) is 0.577. The summed E-state index contributed by atoms with van der Waals surface area (Å²) in [5.41, 5.74) is 0. The van der Waals surface area contributed by atoms with E-state index in [4.69, 9.17) is 4.74 Å². The van der Waals surface area contributed by atoms with Crippen LogP contribution in [0.3, 0.4) is 0 Å². The van der Waals surface area contributed by atoms with Crippen molar-refractivity contribution >= 4 is 15.9 Å². The highest BCUT2D eigenvalue weighted by Crippen LogP contribution is 2.04. The Kier molecular flexibility index (Phi) is 4.45. The van der Waals surface area contributed by atoms with Gasteiger partial charge in [0.2, 0.25) is 0 Å². The van der Waals surface area contributed by atoms with E-state index >= 15 is 0 Å². The van der Waals surface area contributed by atoms with Crippen molar-refractivity contribution in [1.29, 1.82) is 0 Å². The molecule has 0 atom stereocenters. The molecule has 0 aromatic rings. The lowest BCUT2D eigenvalue weighted by Gasteiger charge is -1.92. The van der Waals surface area contributed by atoms with Crippen molar-refractivity contribution in [3.05, 3.63) is 11.1 Å². The number of rotatable bonds is 3. The molecule has 7 heavy (non-hydrogen) atoms. The van der Waals surface area contributed by atoms with E-state index in [-0.39, 0.29) is 0 Å². The lowest BCUT2D eigenvalue weighted by molar-refractivity contribution is 0.204. The van der Waals surface area contributed by atoms with Crippen LogP contribution in [-0.2, 0) is 4.74 Å². The van der Waals surface area contributed by atoms with Gasteiger partial charge in [0.15, 0.2) is 0 Å². The lowest BCUT2D eigenvalue weighted by Crippen LogP contribution is -1.85. The highest BCUT2D eigenvalue weighted by Gasteiger charge is 1.83. The molecule has 0 rings (SSSR count). The molecule has 1 nitrogen and oxygen atoms in total. The average molecular weight is 165 g/mol. The third kappa shape index (κ3) is 6.18. The monoisotopic (exact) mass is 164 g/mol. The minimum atomic E-state index is 0.754. The molecule has 0 heterocycles. The predicted molar refractivity (Wildman–Crippen MR) is 34.6 cm³/mol. The van der Waals surface area contributed by atoms with Crippen LogP contribution < -0.4 is 0 Å². The maximum atomic E-state index is 4.76. The number of methoxy groups -OCH3 is 1. The Labute approximate surface area is 52.5 Å². The molecule has 0 aliphatic carbocycles. The van der Waals surface area contributed by atoms with Crippen molar-refractivity contribution < 1.29 is 4.74 Å². The topological polar surface area (TPSA) is 9.23 Å². The van der Waals surface area contributed by atoms with Crippen molar-refractivity contribution in [2.24, 2.45) is 0 Å². The van der Waals surface area contributed by atoms with Crippen molar-refractivity contribution in [2.75, 3.05) is 13.7 Å². The molecule has 0 N–H and O–H groups in total. The average Bonchev–Trinajstić information content (AvgIpc) is 1.61. The number of halogens is 1. The standard InChI is InChI=1S/C5H9BrO/c1-5(6)3-4-7-2/h1,3-4H2,2H3. The molecule has 0 saturated heterocycles.